The molecule has 1 fully saturated rings. The lowest BCUT2D eigenvalue weighted by molar-refractivity contribution is 0.142. The van der Waals surface area contributed by atoms with Gasteiger partial charge in [-0.1, -0.05) is 6.92 Å². The highest BCUT2D eigenvalue weighted by Crippen LogP contribution is 2.29. The Labute approximate surface area is 117 Å². The van der Waals surface area contributed by atoms with Crippen molar-refractivity contribution in [1.29, 1.82) is 0 Å². The highest BCUT2D eigenvalue weighted by Gasteiger charge is 2.30. The van der Waals surface area contributed by atoms with Crippen LogP contribution in [0.25, 0.3) is 0 Å². The molecule has 3 N–H and O–H groups in total. The van der Waals surface area contributed by atoms with Crippen molar-refractivity contribution in [2.75, 3.05) is 46.8 Å². The van der Waals surface area contributed by atoms with Crippen LogP contribution in [0.3, 0.4) is 0 Å². The van der Waals surface area contributed by atoms with Crippen molar-refractivity contribution in [2.45, 2.75) is 26.2 Å². The molecule has 1 aliphatic rings. The summed E-state index contributed by atoms with van der Waals surface area (Å²) in [6.07, 6.45) is 2.73. The Hall–Kier alpha value is -0.210. The van der Waals surface area contributed by atoms with Gasteiger partial charge in [0.05, 0.1) is 0 Å². The van der Waals surface area contributed by atoms with E-state index in [1.807, 2.05) is 0 Å². The first-order chi connectivity index (χ1) is 8.79. The summed E-state index contributed by atoms with van der Waals surface area (Å²) in [7, 11) is 0.324. The third-order valence-electron chi connectivity index (χ3n) is 3.96. The first-order valence-corrected chi connectivity index (χ1v) is 8.33. The van der Waals surface area contributed by atoms with Crippen LogP contribution in [0, 0.1) is 5.41 Å². The van der Waals surface area contributed by atoms with E-state index in [1.165, 1.54) is 4.31 Å². The molecule has 0 amide bonds. The summed E-state index contributed by atoms with van der Waals surface area (Å²) in [5, 5.41) is 0. The van der Waals surface area contributed by atoms with E-state index >= 15 is 0 Å². The average Bonchev–Trinajstić information content (AvgIpc) is 2.38. The third kappa shape index (κ3) is 5.35. The maximum atomic E-state index is 12.0. The summed E-state index contributed by atoms with van der Waals surface area (Å²) in [4.78, 5) is 2.28. The molecule has 0 radical (unpaired) electrons. The van der Waals surface area contributed by atoms with Crippen LogP contribution in [0.1, 0.15) is 26.2 Å². The van der Waals surface area contributed by atoms with Crippen LogP contribution in [0.5, 0.6) is 0 Å². The number of nitrogens with two attached hydrogens (primary N) is 1. The summed E-state index contributed by atoms with van der Waals surface area (Å²) in [5.74, 6) is 0. The quantitative estimate of drug-likeness (QED) is 0.683. The third-order valence-corrected chi connectivity index (χ3v) is 5.48. The van der Waals surface area contributed by atoms with Gasteiger partial charge in [0.15, 0.2) is 0 Å². The zero-order valence-electron chi connectivity index (χ0n) is 12.4. The second kappa shape index (κ2) is 6.99. The molecule has 1 rings (SSSR count). The Morgan fingerprint density at radius 1 is 1.37 bits per heavy atom. The van der Waals surface area contributed by atoms with E-state index in [0.29, 0.717) is 26.1 Å². The normalized spacial score (nSPS) is 20.9. The fraction of sp³-hybridized carbons (Fsp3) is 1.00. The molecule has 1 aliphatic heterocycles. The van der Waals surface area contributed by atoms with Gasteiger partial charge in [-0.25, -0.2) is 4.72 Å². The molecule has 6 nitrogen and oxygen atoms in total. The van der Waals surface area contributed by atoms with Crippen LogP contribution in [0.2, 0.25) is 0 Å². The molecule has 1 saturated heterocycles. The molecule has 114 valence electrons. The van der Waals surface area contributed by atoms with Crippen molar-refractivity contribution in [2.24, 2.45) is 11.1 Å². The molecule has 0 saturated carbocycles. The Morgan fingerprint density at radius 2 is 1.95 bits per heavy atom. The molecular weight excluding hydrogens is 264 g/mol. The number of nitrogens with zero attached hydrogens (tertiary/aromatic N) is 2. The Balaban J connectivity index is 2.46. The lowest BCUT2D eigenvalue weighted by atomic mass is 9.81. The molecule has 0 unspecified atom stereocenters. The number of nitrogens with one attached hydrogen (secondary N) is 1. The lowest BCUT2D eigenvalue weighted by Crippen LogP contribution is -2.47. The number of likely N-dealkylation sites (tertiary alicyclic amines) is 1. The SMILES string of the molecule is CN1CCC(C)(CNS(=O)(=O)N(C)CCCN)CC1. The number of rotatable bonds is 7. The molecule has 0 aromatic heterocycles. The second-order valence-corrected chi connectivity index (χ2v) is 7.77. The van der Waals surface area contributed by atoms with Gasteiger partial charge in [0.1, 0.15) is 0 Å². The summed E-state index contributed by atoms with van der Waals surface area (Å²) in [5.41, 5.74) is 5.46. The molecule has 0 spiro atoms. The van der Waals surface area contributed by atoms with E-state index in [9.17, 15) is 8.42 Å². The molecule has 0 aliphatic carbocycles. The predicted molar refractivity (Wildman–Crippen MR) is 78.1 cm³/mol. The highest BCUT2D eigenvalue weighted by atomic mass is 32.2. The van der Waals surface area contributed by atoms with E-state index in [4.69, 9.17) is 5.73 Å². The fourth-order valence-electron chi connectivity index (χ4n) is 2.14. The molecule has 0 aromatic rings. The minimum atomic E-state index is -3.37. The van der Waals surface area contributed by atoms with Crippen LogP contribution in [-0.2, 0) is 10.2 Å². The highest BCUT2D eigenvalue weighted by molar-refractivity contribution is 7.87. The predicted octanol–water partition coefficient (Wildman–Crippen LogP) is -0.167. The molecule has 0 aromatic carbocycles. The minimum Gasteiger partial charge on any atom is -0.330 e. The second-order valence-electron chi connectivity index (χ2n) is 5.90. The molecule has 1 heterocycles. The molecular formula is C12H28N4O2S. The number of hydrogen-bond acceptors (Lipinski definition) is 4. The number of piperidine rings is 1. The van der Waals surface area contributed by atoms with Gasteiger partial charge in [0.2, 0.25) is 0 Å². The topological polar surface area (TPSA) is 78.7 Å². The standard InChI is InChI=1S/C12H28N4O2S/c1-12(5-9-15(2)10-6-12)11-14-19(17,18)16(3)8-4-7-13/h14H,4-11,13H2,1-3H3. The van der Waals surface area contributed by atoms with Crippen LogP contribution in [0.15, 0.2) is 0 Å². The Bertz CT molecular complexity index is 364. The van der Waals surface area contributed by atoms with Gasteiger partial charge in [-0.3, -0.25) is 0 Å². The van der Waals surface area contributed by atoms with Gasteiger partial charge in [-0.05, 0) is 51.4 Å². The summed E-state index contributed by atoms with van der Waals surface area (Å²) in [6.45, 7) is 5.69. The maximum absolute atomic E-state index is 12.0. The summed E-state index contributed by atoms with van der Waals surface area (Å²) < 4.78 is 28.2. The van der Waals surface area contributed by atoms with Crippen LogP contribution in [0.4, 0.5) is 0 Å². The van der Waals surface area contributed by atoms with Crippen LogP contribution >= 0.6 is 0 Å². The molecule has 19 heavy (non-hydrogen) atoms. The van der Waals surface area contributed by atoms with Gasteiger partial charge >= 0.3 is 0 Å². The van der Waals surface area contributed by atoms with Gasteiger partial charge in [-0.15, -0.1) is 0 Å². The van der Waals surface area contributed by atoms with E-state index in [1.54, 1.807) is 7.05 Å². The smallest absolute Gasteiger partial charge is 0.279 e. The van der Waals surface area contributed by atoms with E-state index < -0.39 is 10.2 Å². The largest absolute Gasteiger partial charge is 0.330 e. The molecule has 7 heteroatoms. The van der Waals surface area contributed by atoms with Crippen molar-refractivity contribution < 1.29 is 8.42 Å². The average molecular weight is 292 g/mol. The van der Waals surface area contributed by atoms with Gasteiger partial charge in [-0.2, -0.15) is 12.7 Å². The molecule has 0 bridgehead atoms. The van der Waals surface area contributed by atoms with Gasteiger partial charge in [0.25, 0.3) is 10.2 Å². The van der Waals surface area contributed by atoms with Gasteiger partial charge < -0.3 is 10.6 Å². The number of hydrogen-bond donors (Lipinski definition) is 2. The lowest BCUT2D eigenvalue weighted by Gasteiger charge is -2.38. The van der Waals surface area contributed by atoms with E-state index in [2.05, 4.69) is 23.6 Å². The van der Waals surface area contributed by atoms with Gasteiger partial charge in [0, 0.05) is 20.1 Å². The summed E-state index contributed by atoms with van der Waals surface area (Å²) in [6, 6.07) is 0. The monoisotopic (exact) mass is 292 g/mol. The first kappa shape index (κ1) is 16.8. The Kier molecular flexibility index (Phi) is 6.19. The van der Waals surface area contributed by atoms with Crippen molar-refractivity contribution in [3.05, 3.63) is 0 Å². The minimum absolute atomic E-state index is 0.0638. The first-order valence-electron chi connectivity index (χ1n) is 6.89. The fourth-order valence-corrected chi connectivity index (χ4v) is 3.27. The van der Waals surface area contributed by atoms with Crippen molar-refractivity contribution in [1.82, 2.24) is 13.9 Å². The van der Waals surface area contributed by atoms with E-state index in [0.717, 1.165) is 25.9 Å². The van der Waals surface area contributed by atoms with Crippen molar-refractivity contribution in [3.63, 3.8) is 0 Å². The van der Waals surface area contributed by atoms with Crippen molar-refractivity contribution >= 4 is 10.2 Å². The Morgan fingerprint density at radius 3 is 2.47 bits per heavy atom. The summed E-state index contributed by atoms with van der Waals surface area (Å²) >= 11 is 0. The zero-order valence-corrected chi connectivity index (χ0v) is 13.2. The molecule has 0 atom stereocenters. The maximum Gasteiger partial charge on any atom is 0.279 e. The van der Waals surface area contributed by atoms with Crippen molar-refractivity contribution in [3.8, 4) is 0 Å². The van der Waals surface area contributed by atoms with Crippen LogP contribution < -0.4 is 10.5 Å². The van der Waals surface area contributed by atoms with Crippen LogP contribution in [-0.4, -0.2) is 64.4 Å². The van der Waals surface area contributed by atoms with E-state index in [-0.39, 0.29) is 5.41 Å². The zero-order chi connectivity index (χ0) is 14.5.